The zero-order chi connectivity index (χ0) is 13.0. The number of hydrogen-bond acceptors (Lipinski definition) is 2. The molecular formula is C15H12BrNO. The molecule has 1 unspecified atom stereocenters. The fourth-order valence-electron chi connectivity index (χ4n) is 1.70. The van der Waals surface area contributed by atoms with Gasteiger partial charge in [-0.3, -0.25) is 4.79 Å². The van der Waals surface area contributed by atoms with Crippen LogP contribution in [0.4, 0.5) is 0 Å². The molecule has 90 valence electrons. The second-order valence-electron chi connectivity index (χ2n) is 3.98. The van der Waals surface area contributed by atoms with E-state index in [0.29, 0.717) is 11.3 Å². The normalized spacial score (nSPS) is 19.1. The van der Waals surface area contributed by atoms with Gasteiger partial charge in [-0.15, -0.1) is 0 Å². The Kier molecular flexibility index (Phi) is 4.05. The molecule has 18 heavy (non-hydrogen) atoms. The molecular weight excluding hydrogens is 290 g/mol. The van der Waals surface area contributed by atoms with E-state index in [4.69, 9.17) is 5.41 Å². The van der Waals surface area contributed by atoms with E-state index in [9.17, 15) is 4.79 Å². The van der Waals surface area contributed by atoms with Crippen LogP contribution >= 0.6 is 15.9 Å². The predicted octanol–water partition coefficient (Wildman–Crippen LogP) is 3.75. The van der Waals surface area contributed by atoms with Crippen LogP contribution in [0.1, 0.15) is 5.56 Å². The van der Waals surface area contributed by atoms with Gasteiger partial charge in [0.05, 0.1) is 0 Å². The SMILES string of the molecule is N=C1C=CC(C(=O)Br)=CC1C=Cc1ccccc1. The van der Waals surface area contributed by atoms with E-state index in [1.807, 2.05) is 42.5 Å². The number of rotatable bonds is 3. The lowest BCUT2D eigenvalue weighted by atomic mass is 9.94. The Morgan fingerprint density at radius 3 is 2.61 bits per heavy atom. The highest BCUT2D eigenvalue weighted by atomic mass is 79.9. The smallest absolute Gasteiger partial charge is 0.227 e. The molecule has 1 aromatic carbocycles. The molecule has 1 aliphatic rings. The summed E-state index contributed by atoms with van der Waals surface area (Å²) < 4.78 is -0.149. The maximum absolute atomic E-state index is 11.2. The van der Waals surface area contributed by atoms with Crippen LogP contribution in [0.2, 0.25) is 0 Å². The Morgan fingerprint density at radius 2 is 1.94 bits per heavy atom. The minimum atomic E-state index is -0.149. The van der Waals surface area contributed by atoms with Crippen LogP contribution in [-0.2, 0) is 4.79 Å². The summed E-state index contributed by atoms with van der Waals surface area (Å²) in [5, 5.41) is 7.83. The van der Waals surface area contributed by atoms with E-state index < -0.39 is 0 Å². The fourth-order valence-corrected chi connectivity index (χ4v) is 1.96. The molecule has 1 aromatic rings. The average Bonchev–Trinajstić information content (AvgIpc) is 2.38. The minimum Gasteiger partial charge on any atom is -0.304 e. The molecule has 1 atom stereocenters. The van der Waals surface area contributed by atoms with Gasteiger partial charge in [0.15, 0.2) is 0 Å². The van der Waals surface area contributed by atoms with E-state index in [-0.39, 0.29) is 10.6 Å². The fraction of sp³-hybridized carbons (Fsp3) is 0.0667. The molecule has 0 radical (unpaired) electrons. The first-order valence-electron chi connectivity index (χ1n) is 5.58. The first kappa shape index (κ1) is 12.7. The Bertz CT molecular complexity index is 555. The molecule has 3 heteroatoms. The third-order valence-electron chi connectivity index (χ3n) is 2.68. The van der Waals surface area contributed by atoms with Gasteiger partial charge < -0.3 is 5.41 Å². The number of carbonyl (C=O) groups excluding carboxylic acids is 1. The van der Waals surface area contributed by atoms with Gasteiger partial charge in [0.1, 0.15) is 0 Å². The first-order valence-corrected chi connectivity index (χ1v) is 6.37. The molecule has 0 bridgehead atoms. The van der Waals surface area contributed by atoms with Crippen molar-refractivity contribution in [2.45, 2.75) is 0 Å². The quantitative estimate of drug-likeness (QED) is 0.849. The topological polar surface area (TPSA) is 40.9 Å². The summed E-state index contributed by atoms with van der Waals surface area (Å²) in [7, 11) is 0. The Morgan fingerprint density at radius 1 is 1.22 bits per heavy atom. The Hall–Kier alpha value is -1.74. The maximum Gasteiger partial charge on any atom is 0.227 e. The van der Waals surface area contributed by atoms with Crippen LogP contribution in [0.3, 0.4) is 0 Å². The third kappa shape index (κ3) is 3.14. The lowest BCUT2D eigenvalue weighted by Crippen LogP contribution is -2.11. The van der Waals surface area contributed by atoms with Crippen LogP contribution in [0.15, 0.2) is 60.2 Å². The maximum atomic E-state index is 11.2. The molecule has 1 N–H and O–H groups in total. The molecule has 0 saturated heterocycles. The van der Waals surface area contributed by atoms with Crippen LogP contribution in [0, 0.1) is 11.3 Å². The molecule has 0 spiro atoms. The van der Waals surface area contributed by atoms with Crippen molar-refractivity contribution in [3.8, 4) is 0 Å². The summed E-state index contributed by atoms with van der Waals surface area (Å²) in [5.74, 6) is -0.147. The van der Waals surface area contributed by atoms with E-state index in [2.05, 4.69) is 15.9 Å². The van der Waals surface area contributed by atoms with Crippen LogP contribution in [0.5, 0.6) is 0 Å². The lowest BCUT2D eigenvalue weighted by molar-refractivity contribution is -0.107. The highest BCUT2D eigenvalue weighted by Gasteiger charge is 2.14. The summed E-state index contributed by atoms with van der Waals surface area (Å²) in [4.78, 5) is 11.2. The zero-order valence-electron chi connectivity index (χ0n) is 9.64. The molecule has 1 aliphatic carbocycles. The molecule has 0 aliphatic heterocycles. The van der Waals surface area contributed by atoms with Crippen molar-refractivity contribution in [1.29, 1.82) is 5.41 Å². The van der Waals surface area contributed by atoms with Gasteiger partial charge in [-0.2, -0.15) is 0 Å². The lowest BCUT2D eigenvalue weighted by Gasteiger charge is -2.12. The van der Waals surface area contributed by atoms with Gasteiger partial charge in [-0.05, 0) is 33.6 Å². The number of carbonyl (C=O) groups is 1. The monoisotopic (exact) mass is 301 g/mol. The Labute approximate surface area is 114 Å². The van der Waals surface area contributed by atoms with Gasteiger partial charge in [-0.1, -0.05) is 48.6 Å². The van der Waals surface area contributed by atoms with Crippen molar-refractivity contribution >= 4 is 32.4 Å². The van der Waals surface area contributed by atoms with Crippen molar-refractivity contribution in [3.63, 3.8) is 0 Å². The van der Waals surface area contributed by atoms with Crippen LogP contribution < -0.4 is 0 Å². The van der Waals surface area contributed by atoms with Gasteiger partial charge in [0.25, 0.3) is 0 Å². The van der Waals surface area contributed by atoms with E-state index in [1.54, 1.807) is 18.2 Å². The van der Waals surface area contributed by atoms with E-state index in [1.165, 1.54) is 0 Å². The highest BCUT2D eigenvalue weighted by Crippen LogP contribution is 2.19. The highest BCUT2D eigenvalue weighted by molar-refractivity contribution is 9.18. The summed E-state index contributed by atoms with van der Waals surface area (Å²) in [6.07, 6.45) is 9.00. The summed E-state index contributed by atoms with van der Waals surface area (Å²) in [6, 6.07) is 9.90. The second kappa shape index (κ2) is 5.74. The van der Waals surface area contributed by atoms with Crippen LogP contribution in [-0.4, -0.2) is 10.4 Å². The molecule has 0 aromatic heterocycles. The number of benzene rings is 1. The number of nitrogens with one attached hydrogen (secondary N) is 1. The van der Waals surface area contributed by atoms with Crippen molar-refractivity contribution in [2.75, 3.05) is 0 Å². The summed E-state index contributed by atoms with van der Waals surface area (Å²) >= 11 is 2.93. The standard InChI is InChI=1S/C15H12BrNO/c16-15(18)13-8-9-14(17)12(10-13)7-6-11-4-2-1-3-5-11/h1-10,12,17H. The third-order valence-corrected chi connectivity index (χ3v) is 3.14. The summed E-state index contributed by atoms with van der Waals surface area (Å²) in [6.45, 7) is 0. The molecule has 0 fully saturated rings. The van der Waals surface area contributed by atoms with Crippen LogP contribution in [0.25, 0.3) is 6.08 Å². The van der Waals surface area contributed by atoms with Crippen molar-refractivity contribution < 1.29 is 4.79 Å². The van der Waals surface area contributed by atoms with Crippen molar-refractivity contribution in [2.24, 2.45) is 5.92 Å². The number of hydrogen-bond donors (Lipinski definition) is 1. The van der Waals surface area contributed by atoms with Gasteiger partial charge in [0, 0.05) is 17.2 Å². The Balaban J connectivity index is 2.18. The van der Waals surface area contributed by atoms with Gasteiger partial charge >= 0.3 is 0 Å². The average molecular weight is 302 g/mol. The predicted molar refractivity (Wildman–Crippen MR) is 77.8 cm³/mol. The minimum absolute atomic E-state index is 0.147. The molecule has 0 saturated carbocycles. The molecule has 2 nitrogen and oxygen atoms in total. The van der Waals surface area contributed by atoms with E-state index >= 15 is 0 Å². The molecule has 2 rings (SSSR count). The second-order valence-corrected chi connectivity index (χ2v) is 4.70. The van der Waals surface area contributed by atoms with Gasteiger partial charge in [0.2, 0.25) is 4.69 Å². The molecule has 0 amide bonds. The first-order chi connectivity index (χ1) is 8.66. The van der Waals surface area contributed by atoms with E-state index in [0.717, 1.165) is 5.56 Å². The number of allylic oxidation sites excluding steroid dienone is 5. The molecule has 0 heterocycles. The zero-order valence-corrected chi connectivity index (χ0v) is 11.2. The summed E-state index contributed by atoms with van der Waals surface area (Å²) in [5.41, 5.74) is 2.16. The largest absolute Gasteiger partial charge is 0.304 e. The van der Waals surface area contributed by atoms with Crippen molar-refractivity contribution in [1.82, 2.24) is 0 Å². The van der Waals surface area contributed by atoms with Crippen molar-refractivity contribution in [3.05, 3.63) is 65.8 Å². The number of halogens is 1. The van der Waals surface area contributed by atoms with Gasteiger partial charge in [-0.25, -0.2) is 0 Å².